The average Bonchev–Trinajstić information content (AvgIpc) is 3.81. The third kappa shape index (κ3) is 9.25. The van der Waals surface area contributed by atoms with E-state index in [-0.39, 0.29) is 0 Å². The Labute approximate surface area is 366 Å². The van der Waals surface area contributed by atoms with Crippen LogP contribution in [0.2, 0.25) is 39.3 Å². The van der Waals surface area contributed by atoms with Gasteiger partial charge in [0.25, 0.3) is 0 Å². The van der Waals surface area contributed by atoms with Gasteiger partial charge in [0.05, 0.1) is 19.5 Å². The molecule has 0 unspecified atom stereocenters. The second-order valence-corrected chi connectivity index (χ2v) is 30.3. The van der Waals surface area contributed by atoms with Gasteiger partial charge < -0.3 is 8.83 Å². The van der Waals surface area contributed by atoms with Crippen molar-refractivity contribution in [2.24, 2.45) is 0 Å². The average molecular weight is 902 g/mol. The molecule has 0 saturated heterocycles. The molecule has 0 atom stereocenters. The molecule has 8 heteroatoms. The van der Waals surface area contributed by atoms with Gasteiger partial charge in [-0.3, -0.25) is 9.97 Å². The lowest BCUT2D eigenvalue weighted by molar-refractivity contribution is 0.668. The minimum absolute atomic E-state index is 0.898. The summed E-state index contributed by atoms with van der Waals surface area (Å²) in [6.45, 7) is 13.4. The highest BCUT2D eigenvalue weighted by Crippen LogP contribution is 2.36. The van der Waals surface area contributed by atoms with E-state index < -0.39 is 15.5 Å². The van der Waals surface area contributed by atoms with Crippen LogP contribution in [-0.2, 0) is 0 Å². The van der Waals surface area contributed by atoms with Crippen LogP contribution in [-0.4, -0.2) is 25.4 Å². The smallest absolute Gasteiger partial charge is 0.147 e. The Balaban J connectivity index is 0.000000150. The summed E-state index contributed by atoms with van der Waals surface area (Å²) in [4.78, 5) is 9.51. The molecule has 0 bridgehead atoms. The zero-order chi connectivity index (χ0) is 42.0. The molecule has 0 fully saturated rings. The molecular weight excluding hydrogens is 856 g/mol. The highest BCUT2D eigenvalue weighted by molar-refractivity contribution is 9.10. The summed E-state index contributed by atoms with van der Waals surface area (Å²) < 4.78 is 12.9. The minimum atomic E-state index is -1.53. The van der Waals surface area contributed by atoms with Gasteiger partial charge in [-0.05, 0) is 104 Å². The van der Waals surface area contributed by atoms with E-state index in [1.54, 1.807) is 0 Å². The van der Waals surface area contributed by atoms with E-state index in [2.05, 4.69) is 170 Å². The topological polar surface area (TPSA) is 52.1 Å². The Kier molecular flexibility index (Phi) is 11.8. The zero-order valence-electron chi connectivity index (χ0n) is 34.6. The monoisotopic (exact) mass is 900 g/mol. The summed E-state index contributed by atoms with van der Waals surface area (Å²) in [5.74, 6) is 0. The maximum atomic E-state index is 5.99. The van der Waals surface area contributed by atoms with E-state index >= 15 is 0 Å². The number of pyridine rings is 2. The summed E-state index contributed by atoms with van der Waals surface area (Å²) in [6, 6.07) is 54.3. The maximum Gasteiger partial charge on any atom is 0.147 e. The second-order valence-electron chi connectivity index (χ2n) is 16.8. The van der Waals surface area contributed by atoms with Crippen LogP contribution in [0.4, 0.5) is 0 Å². The second kappa shape index (κ2) is 17.2. The first-order valence-corrected chi connectivity index (χ1v) is 28.9. The van der Waals surface area contributed by atoms with E-state index in [9.17, 15) is 0 Å². The third-order valence-corrected chi connectivity index (χ3v) is 12.7. The minimum Gasteiger partial charge on any atom is -0.456 e. The molecule has 10 rings (SSSR count). The molecular formula is C52H46BrClN2O2Si2. The van der Waals surface area contributed by atoms with Crippen LogP contribution in [0.5, 0.6) is 0 Å². The van der Waals surface area contributed by atoms with Gasteiger partial charge in [-0.25, -0.2) is 0 Å². The molecule has 0 N–H and O–H groups in total. The molecule has 10 aromatic rings. The van der Waals surface area contributed by atoms with E-state index in [0.29, 0.717) is 0 Å². The van der Waals surface area contributed by atoms with Crippen molar-refractivity contribution in [3.63, 3.8) is 0 Å². The number of benzene rings is 6. The lowest BCUT2D eigenvalue weighted by Gasteiger charge is -2.21. The summed E-state index contributed by atoms with van der Waals surface area (Å²) in [6.07, 6.45) is 3.97. The molecule has 0 radical (unpaired) electrons. The number of fused-ring (bicyclic) bond motifs is 6. The Morgan fingerprint density at radius 2 is 0.833 bits per heavy atom. The highest BCUT2D eigenvalue weighted by atomic mass is 79.9. The summed E-state index contributed by atoms with van der Waals surface area (Å²) in [7, 11) is -2.67. The predicted octanol–water partition coefficient (Wildman–Crippen LogP) is 16.0. The fourth-order valence-electron chi connectivity index (χ4n) is 7.27. The Morgan fingerprint density at radius 3 is 1.32 bits per heavy atom. The first-order valence-electron chi connectivity index (χ1n) is 20.1. The van der Waals surface area contributed by atoms with Crippen molar-refractivity contribution in [2.45, 2.75) is 39.3 Å². The molecule has 0 spiro atoms. The number of rotatable bonds is 5. The standard InChI is InChI=1S/C26H23NOSi.C23H14BrNO.C3H9ClSi/c1-29(2,3)26-17-27-23(16-21(26)18-9-5-4-6-10-18)19-13-14-25-22(15-19)20-11-7-8-12-24(20)28-25;24-20-14-25-21(13-18(20)15-6-2-1-3-7-15)16-10-11-23-19(12-16)17-8-4-5-9-22(17)26-23;1-5(2,3)4/h4-17H,1-3H3;1-14H;1-3H3. The molecule has 60 heavy (non-hydrogen) atoms. The number of para-hydroxylation sites is 2. The molecule has 298 valence electrons. The van der Waals surface area contributed by atoms with Crippen molar-refractivity contribution in [1.82, 2.24) is 9.97 Å². The molecule has 0 aliphatic carbocycles. The third-order valence-electron chi connectivity index (χ3n) is 10.1. The first-order chi connectivity index (χ1) is 28.8. The Bertz CT molecular complexity index is 3090. The lowest BCUT2D eigenvalue weighted by atomic mass is 10.0. The number of halogens is 2. The normalized spacial score (nSPS) is 11.7. The quantitative estimate of drug-likeness (QED) is 0.128. The van der Waals surface area contributed by atoms with Gasteiger partial charge in [0.1, 0.15) is 29.7 Å². The van der Waals surface area contributed by atoms with Crippen LogP contribution in [0.1, 0.15) is 0 Å². The van der Waals surface area contributed by atoms with Crippen LogP contribution in [0, 0.1) is 0 Å². The van der Waals surface area contributed by atoms with Crippen molar-refractivity contribution in [1.29, 1.82) is 0 Å². The molecule has 0 aliphatic heterocycles. The van der Waals surface area contributed by atoms with Crippen molar-refractivity contribution >= 4 is 91.5 Å². The van der Waals surface area contributed by atoms with Gasteiger partial charge in [-0.15, -0.1) is 0 Å². The SMILES string of the molecule is Brc1cnc(-c2ccc3oc4ccccc4c3c2)cc1-c1ccccc1.C[Si](C)(C)Cl.C[Si](C)(C)c1cnc(-c2ccc3oc4ccccc4c3c2)cc1-c1ccccc1. The van der Waals surface area contributed by atoms with Crippen LogP contribution in [0.25, 0.3) is 88.6 Å². The van der Waals surface area contributed by atoms with E-state index in [4.69, 9.17) is 24.9 Å². The molecule has 6 aromatic carbocycles. The maximum absolute atomic E-state index is 5.99. The number of hydrogen-bond donors (Lipinski definition) is 0. The van der Waals surface area contributed by atoms with Gasteiger partial charge in [0.2, 0.25) is 0 Å². The van der Waals surface area contributed by atoms with Crippen molar-refractivity contribution < 1.29 is 8.83 Å². The number of hydrogen-bond acceptors (Lipinski definition) is 4. The van der Waals surface area contributed by atoms with E-state index in [1.165, 1.54) is 16.3 Å². The largest absolute Gasteiger partial charge is 0.456 e. The molecule has 4 nitrogen and oxygen atoms in total. The molecule has 0 amide bonds. The summed E-state index contributed by atoms with van der Waals surface area (Å²) in [5.41, 5.74) is 12.6. The molecule has 4 heterocycles. The number of furan rings is 2. The van der Waals surface area contributed by atoms with Crippen LogP contribution in [0.15, 0.2) is 183 Å². The van der Waals surface area contributed by atoms with Gasteiger partial charge >= 0.3 is 0 Å². The fraction of sp³-hybridized carbons (Fsp3) is 0.115. The van der Waals surface area contributed by atoms with Crippen LogP contribution < -0.4 is 5.19 Å². The fourth-order valence-corrected chi connectivity index (χ4v) is 9.20. The van der Waals surface area contributed by atoms with E-state index in [1.807, 2.05) is 60.8 Å². The number of aromatic nitrogens is 2. The van der Waals surface area contributed by atoms with Crippen molar-refractivity contribution in [3.8, 4) is 44.8 Å². The van der Waals surface area contributed by atoms with Gasteiger partial charge in [0, 0.05) is 49.5 Å². The van der Waals surface area contributed by atoms with Gasteiger partial charge in [-0.2, -0.15) is 11.1 Å². The summed E-state index contributed by atoms with van der Waals surface area (Å²) >= 11 is 9.30. The Morgan fingerprint density at radius 1 is 0.433 bits per heavy atom. The van der Waals surface area contributed by atoms with Crippen LogP contribution >= 0.6 is 27.0 Å². The van der Waals surface area contributed by atoms with Gasteiger partial charge in [0.15, 0.2) is 0 Å². The van der Waals surface area contributed by atoms with Gasteiger partial charge in [-0.1, -0.05) is 136 Å². The predicted molar refractivity (Wildman–Crippen MR) is 265 cm³/mol. The van der Waals surface area contributed by atoms with E-state index in [0.717, 1.165) is 82.0 Å². The highest BCUT2D eigenvalue weighted by Gasteiger charge is 2.22. The molecule has 0 saturated carbocycles. The van der Waals surface area contributed by atoms with Crippen LogP contribution in [0.3, 0.4) is 0 Å². The summed E-state index contributed by atoms with van der Waals surface area (Å²) in [5, 5.41) is 5.91. The molecule has 4 aromatic heterocycles. The van der Waals surface area contributed by atoms with Crippen molar-refractivity contribution in [2.75, 3.05) is 0 Å². The lowest BCUT2D eigenvalue weighted by Crippen LogP contribution is -2.39. The molecule has 0 aliphatic rings. The Hall–Kier alpha value is -5.58. The zero-order valence-corrected chi connectivity index (χ0v) is 39.0. The first kappa shape index (κ1) is 41.2. The number of nitrogens with zero attached hydrogens (tertiary/aromatic N) is 2. The van der Waals surface area contributed by atoms with Crippen molar-refractivity contribution in [3.05, 3.63) is 175 Å².